The van der Waals surface area contributed by atoms with Crippen molar-refractivity contribution in [2.45, 2.75) is 19.4 Å². The van der Waals surface area contributed by atoms with Crippen LogP contribution in [0.1, 0.15) is 17.5 Å². The number of pyridine rings is 2. The molecule has 0 aliphatic carbocycles. The number of aromatic nitrogens is 2. The van der Waals surface area contributed by atoms with E-state index in [0.29, 0.717) is 6.61 Å². The van der Waals surface area contributed by atoms with Gasteiger partial charge in [0.15, 0.2) is 0 Å². The standard InChI is InChI=1S/C15H17N3O/c1-19-10-12-4-6-16-9-14(12)13-7-11-3-2-5-17-15(11)18-8-13/h4,6-9H,2-3,5,10H2,1H3,(H,17,18). The first-order valence-corrected chi connectivity index (χ1v) is 6.53. The van der Waals surface area contributed by atoms with E-state index in [-0.39, 0.29) is 0 Å². The van der Waals surface area contributed by atoms with Gasteiger partial charge in [-0.25, -0.2) is 4.98 Å². The molecule has 4 nitrogen and oxygen atoms in total. The van der Waals surface area contributed by atoms with Crippen molar-refractivity contribution >= 4 is 5.82 Å². The molecule has 0 unspecified atom stereocenters. The lowest BCUT2D eigenvalue weighted by Gasteiger charge is -2.18. The van der Waals surface area contributed by atoms with Crippen LogP contribution in [0, 0.1) is 0 Å². The number of ether oxygens (including phenoxy) is 1. The molecular formula is C15H17N3O. The average molecular weight is 255 g/mol. The molecule has 3 heterocycles. The molecule has 0 amide bonds. The Balaban J connectivity index is 2.02. The molecule has 0 saturated heterocycles. The van der Waals surface area contributed by atoms with Gasteiger partial charge in [0.25, 0.3) is 0 Å². The second-order valence-electron chi connectivity index (χ2n) is 4.73. The van der Waals surface area contributed by atoms with E-state index in [1.165, 1.54) is 5.56 Å². The Kier molecular flexibility index (Phi) is 3.42. The molecule has 4 heteroatoms. The van der Waals surface area contributed by atoms with E-state index in [1.807, 2.05) is 18.5 Å². The van der Waals surface area contributed by atoms with Crippen LogP contribution in [0.2, 0.25) is 0 Å². The summed E-state index contributed by atoms with van der Waals surface area (Å²) in [6, 6.07) is 4.21. The lowest BCUT2D eigenvalue weighted by molar-refractivity contribution is 0.185. The highest BCUT2D eigenvalue weighted by molar-refractivity contribution is 5.68. The number of anilines is 1. The lowest BCUT2D eigenvalue weighted by Crippen LogP contribution is -2.13. The highest BCUT2D eigenvalue weighted by Crippen LogP contribution is 2.28. The SMILES string of the molecule is COCc1ccncc1-c1cnc2c(c1)CCCN2. The highest BCUT2D eigenvalue weighted by atomic mass is 16.5. The van der Waals surface area contributed by atoms with Crippen molar-refractivity contribution in [1.82, 2.24) is 9.97 Å². The number of aryl methyl sites for hydroxylation is 1. The number of rotatable bonds is 3. The molecule has 0 aromatic carbocycles. The fourth-order valence-electron chi connectivity index (χ4n) is 2.46. The molecule has 0 spiro atoms. The van der Waals surface area contributed by atoms with Gasteiger partial charge in [0.1, 0.15) is 5.82 Å². The van der Waals surface area contributed by atoms with Crippen molar-refractivity contribution in [3.8, 4) is 11.1 Å². The summed E-state index contributed by atoms with van der Waals surface area (Å²) in [5, 5.41) is 3.33. The van der Waals surface area contributed by atoms with Crippen molar-refractivity contribution in [3.63, 3.8) is 0 Å². The zero-order valence-corrected chi connectivity index (χ0v) is 11.0. The molecule has 3 rings (SSSR count). The maximum atomic E-state index is 5.24. The molecule has 0 radical (unpaired) electrons. The molecule has 0 saturated carbocycles. The molecule has 1 aliphatic heterocycles. The summed E-state index contributed by atoms with van der Waals surface area (Å²) in [5.74, 6) is 1.02. The van der Waals surface area contributed by atoms with Crippen LogP contribution in [0.25, 0.3) is 11.1 Å². The Morgan fingerprint density at radius 1 is 1.37 bits per heavy atom. The maximum Gasteiger partial charge on any atom is 0.129 e. The molecule has 98 valence electrons. The van der Waals surface area contributed by atoms with Crippen LogP contribution in [0.4, 0.5) is 5.82 Å². The highest BCUT2D eigenvalue weighted by Gasteiger charge is 2.12. The third-order valence-corrected chi connectivity index (χ3v) is 3.40. The van der Waals surface area contributed by atoms with Gasteiger partial charge in [-0.05, 0) is 36.1 Å². The number of nitrogens with zero attached hydrogens (tertiary/aromatic N) is 2. The summed E-state index contributed by atoms with van der Waals surface area (Å²) in [6.07, 6.45) is 7.84. The monoisotopic (exact) mass is 255 g/mol. The van der Waals surface area contributed by atoms with Gasteiger partial charge in [-0.3, -0.25) is 4.98 Å². The van der Waals surface area contributed by atoms with Crippen LogP contribution in [0.5, 0.6) is 0 Å². The Labute approximate surface area is 112 Å². The maximum absolute atomic E-state index is 5.24. The van der Waals surface area contributed by atoms with E-state index in [9.17, 15) is 0 Å². The van der Waals surface area contributed by atoms with Crippen LogP contribution < -0.4 is 5.32 Å². The van der Waals surface area contributed by atoms with Crippen LogP contribution in [0.3, 0.4) is 0 Å². The van der Waals surface area contributed by atoms with Gasteiger partial charge in [0, 0.05) is 43.4 Å². The second-order valence-corrected chi connectivity index (χ2v) is 4.73. The van der Waals surface area contributed by atoms with E-state index < -0.39 is 0 Å². The molecule has 0 bridgehead atoms. The number of nitrogens with one attached hydrogen (secondary N) is 1. The van der Waals surface area contributed by atoms with Crippen molar-refractivity contribution in [2.75, 3.05) is 19.0 Å². The van der Waals surface area contributed by atoms with Crippen molar-refractivity contribution < 1.29 is 4.74 Å². The van der Waals surface area contributed by atoms with Gasteiger partial charge in [0.05, 0.1) is 6.61 Å². The Morgan fingerprint density at radius 2 is 2.32 bits per heavy atom. The smallest absolute Gasteiger partial charge is 0.129 e. The average Bonchev–Trinajstić information content (AvgIpc) is 2.48. The molecule has 1 aliphatic rings. The van der Waals surface area contributed by atoms with Gasteiger partial charge in [-0.2, -0.15) is 0 Å². The molecule has 2 aromatic rings. The Bertz CT molecular complexity index is 583. The first-order valence-electron chi connectivity index (χ1n) is 6.53. The molecule has 0 fully saturated rings. The largest absolute Gasteiger partial charge is 0.380 e. The zero-order valence-electron chi connectivity index (χ0n) is 11.0. The predicted molar refractivity (Wildman–Crippen MR) is 75.0 cm³/mol. The normalized spacial score (nSPS) is 13.7. The minimum absolute atomic E-state index is 0.590. The summed E-state index contributed by atoms with van der Waals surface area (Å²) < 4.78 is 5.24. The zero-order chi connectivity index (χ0) is 13.1. The van der Waals surface area contributed by atoms with Gasteiger partial charge in [0.2, 0.25) is 0 Å². The van der Waals surface area contributed by atoms with E-state index >= 15 is 0 Å². The minimum Gasteiger partial charge on any atom is -0.380 e. The number of fused-ring (bicyclic) bond motifs is 1. The quantitative estimate of drug-likeness (QED) is 0.916. The lowest BCUT2D eigenvalue weighted by atomic mass is 9.99. The first-order chi connectivity index (χ1) is 9.38. The number of hydrogen-bond donors (Lipinski definition) is 1. The van der Waals surface area contributed by atoms with Crippen molar-refractivity contribution in [2.24, 2.45) is 0 Å². The van der Waals surface area contributed by atoms with Crippen LogP contribution in [-0.2, 0) is 17.8 Å². The van der Waals surface area contributed by atoms with Gasteiger partial charge >= 0.3 is 0 Å². The van der Waals surface area contributed by atoms with E-state index in [4.69, 9.17) is 4.74 Å². The molecular weight excluding hydrogens is 238 g/mol. The Morgan fingerprint density at radius 3 is 3.21 bits per heavy atom. The summed E-state index contributed by atoms with van der Waals surface area (Å²) in [7, 11) is 1.71. The number of hydrogen-bond acceptors (Lipinski definition) is 4. The van der Waals surface area contributed by atoms with Crippen molar-refractivity contribution in [3.05, 3.63) is 41.9 Å². The van der Waals surface area contributed by atoms with Crippen LogP contribution in [-0.4, -0.2) is 23.6 Å². The van der Waals surface area contributed by atoms with Crippen molar-refractivity contribution in [1.29, 1.82) is 0 Å². The minimum atomic E-state index is 0.590. The fourth-order valence-corrected chi connectivity index (χ4v) is 2.46. The van der Waals surface area contributed by atoms with Crippen LogP contribution >= 0.6 is 0 Å². The summed E-state index contributed by atoms with van der Waals surface area (Å²) in [5.41, 5.74) is 4.65. The fraction of sp³-hybridized carbons (Fsp3) is 0.333. The molecule has 19 heavy (non-hydrogen) atoms. The first kappa shape index (κ1) is 12.1. The van der Waals surface area contributed by atoms with Crippen LogP contribution in [0.15, 0.2) is 30.7 Å². The van der Waals surface area contributed by atoms with Gasteiger partial charge in [-0.1, -0.05) is 0 Å². The molecule has 0 atom stereocenters. The number of methoxy groups -OCH3 is 1. The van der Waals surface area contributed by atoms with E-state index in [1.54, 1.807) is 13.3 Å². The second kappa shape index (κ2) is 5.36. The third-order valence-electron chi connectivity index (χ3n) is 3.40. The Hall–Kier alpha value is -1.94. The van der Waals surface area contributed by atoms with E-state index in [2.05, 4.69) is 21.4 Å². The summed E-state index contributed by atoms with van der Waals surface area (Å²) in [6.45, 7) is 1.61. The van der Waals surface area contributed by atoms with Gasteiger partial charge < -0.3 is 10.1 Å². The summed E-state index contributed by atoms with van der Waals surface area (Å²) >= 11 is 0. The molecule has 1 N–H and O–H groups in total. The summed E-state index contributed by atoms with van der Waals surface area (Å²) in [4.78, 5) is 8.73. The predicted octanol–water partition coefficient (Wildman–Crippen LogP) is 2.65. The van der Waals surface area contributed by atoms with E-state index in [0.717, 1.165) is 41.9 Å². The molecule has 2 aromatic heterocycles. The third kappa shape index (κ3) is 2.44. The van der Waals surface area contributed by atoms with Gasteiger partial charge in [-0.15, -0.1) is 0 Å². The topological polar surface area (TPSA) is 47.0 Å².